The Bertz CT molecular complexity index is 546. The van der Waals surface area contributed by atoms with E-state index in [9.17, 15) is 4.79 Å². The van der Waals surface area contributed by atoms with E-state index in [1.807, 2.05) is 35.7 Å². The second kappa shape index (κ2) is 6.87. The molecule has 0 radical (unpaired) electrons. The highest BCUT2D eigenvalue weighted by Gasteiger charge is 2.13. The molecular weight excluding hydrogens is 324 g/mol. The van der Waals surface area contributed by atoms with Crippen LogP contribution in [-0.2, 0) is 0 Å². The molecule has 0 spiro atoms. The Labute approximate surface area is 125 Å². The topological polar surface area (TPSA) is 26.3 Å². The number of benzene rings is 1. The number of carbonyl (C=O) groups is 1. The number of carbonyl (C=O) groups excluding carboxylic acids is 1. The molecule has 0 N–H and O–H groups in total. The standard InChI is InChI=1S/C15H15BrO2S/c1-2-3-9-18-12-6-4-11(5-7-12)14(17)15-13(16)8-10-19-15/h4-8,10H,2-3,9H2,1H3. The summed E-state index contributed by atoms with van der Waals surface area (Å²) in [4.78, 5) is 13.0. The van der Waals surface area contributed by atoms with Crippen molar-refractivity contribution in [1.82, 2.24) is 0 Å². The van der Waals surface area contributed by atoms with Crippen molar-refractivity contribution in [2.75, 3.05) is 6.61 Å². The van der Waals surface area contributed by atoms with Crippen LogP contribution in [-0.4, -0.2) is 12.4 Å². The maximum absolute atomic E-state index is 12.2. The molecule has 0 amide bonds. The van der Waals surface area contributed by atoms with Crippen LogP contribution in [0.3, 0.4) is 0 Å². The maximum Gasteiger partial charge on any atom is 0.204 e. The van der Waals surface area contributed by atoms with Crippen molar-refractivity contribution in [3.63, 3.8) is 0 Å². The molecule has 100 valence electrons. The Morgan fingerprint density at radius 1 is 1.26 bits per heavy atom. The number of rotatable bonds is 6. The Morgan fingerprint density at radius 2 is 2.00 bits per heavy atom. The van der Waals surface area contributed by atoms with E-state index >= 15 is 0 Å². The molecule has 19 heavy (non-hydrogen) atoms. The third-order valence-corrected chi connectivity index (χ3v) is 4.54. The van der Waals surface area contributed by atoms with Gasteiger partial charge in [0, 0.05) is 10.0 Å². The summed E-state index contributed by atoms with van der Waals surface area (Å²) in [5.41, 5.74) is 0.686. The summed E-state index contributed by atoms with van der Waals surface area (Å²) in [6, 6.07) is 9.22. The van der Waals surface area contributed by atoms with Crippen LogP contribution in [0.15, 0.2) is 40.2 Å². The Kier molecular flexibility index (Phi) is 5.16. The fraction of sp³-hybridized carbons (Fsp3) is 0.267. The lowest BCUT2D eigenvalue weighted by Crippen LogP contribution is -2.00. The van der Waals surface area contributed by atoms with Gasteiger partial charge in [-0.05, 0) is 58.1 Å². The van der Waals surface area contributed by atoms with Gasteiger partial charge in [-0.3, -0.25) is 4.79 Å². The van der Waals surface area contributed by atoms with Gasteiger partial charge in [0.2, 0.25) is 5.78 Å². The normalized spacial score (nSPS) is 10.4. The van der Waals surface area contributed by atoms with Crippen LogP contribution >= 0.6 is 27.3 Å². The van der Waals surface area contributed by atoms with Crippen molar-refractivity contribution in [2.45, 2.75) is 19.8 Å². The maximum atomic E-state index is 12.2. The SMILES string of the molecule is CCCCOc1ccc(C(=O)c2sccc2Br)cc1. The Morgan fingerprint density at radius 3 is 2.58 bits per heavy atom. The predicted octanol–water partition coefficient (Wildman–Crippen LogP) is 4.92. The first-order chi connectivity index (χ1) is 9.22. The van der Waals surface area contributed by atoms with E-state index in [4.69, 9.17) is 4.74 Å². The molecule has 0 atom stereocenters. The lowest BCUT2D eigenvalue weighted by Gasteiger charge is -2.06. The quantitative estimate of drug-likeness (QED) is 0.551. The smallest absolute Gasteiger partial charge is 0.204 e. The molecule has 4 heteroatoms. The van der Waals surface area contributed by atoms with Gasteiger partial charge in [0.05, 0.1) is 11.5 Å². The molecule has 2 rings (SSSR count). The van der Waals surface area contributed by atoms with E-state index in [-0.39, 0.29) is 5.78 Å². The van der Waals surface area contributed by atoms with Crippen molar-refractivity contribution >= 4 is 33.0 Å². The first-order valence-corrected chi connectivity index (χ1v) is 7.90. The van der Waals surface area contributed by atoms with E-state index in [2.05, 4.69) is 22.9 Å². The number of thiophene rings is 1. The fourth-order valence-electron chi connectivity index (χ4n) is 1.62. The van der Waals surface area contributed by atoms with Crippen molar-refractivity contribution in [3.05, 3.63) is 50.6 Å². The van der Waals surface area contributed by atoms with E-state index < -0.39 is 0 Å². The monoisotopic (exact) mass is 338 g/mol. The van der Waals surface area contributed by atoms with Crippen molar-refractivity contribution in [2.24, 2.45) is 0 Å². The Hall–Kier alpha value is -1.13. The number of ether oxygens (including phenoxy) is 1. The first kappa shape index (κ1) is 14.3. The lowest BCUT2D eigenvalue weighted by atomic mass is 10.1. The minimum absolute atomic E-state index is 0.0435. The van der Waals surface area contributed by atoms with Crippen molar-refractivity contribution < 1.29 is 9.53 Å². The highest BCUT2D eigenvalue weighted by atomic mass is 79.9. The van der Waals surface area contributed by atoms with Gasteiger partial charge in [-0.25, -0.2) is 0 Å². The molecule has 0 aliphatic heterocycles. The zero-order valence-corrected chi connectivity index (χ0v) is 13.1. The summed E-state index contributed by atoms with van der Waals surface area (Å²) in [5, 5.41) is 1.90. The molecule has 0 saturated carbocycles. The van der Waals surface area contributed by atoms with Crippen LogP contribution in [0.2, 0.25) is 0 Å². The predicted molar refractivity (Wildman–Crippen MR) is 82.3 cm³/mol. The number of hydrogen-bond acceptors (Lipinski definition) is 3. The number of ketones is 1. The van der Waals surface area contributed by atoms with E-state index in [1.54, 1.807) is 0 Å². The summed E-state index contributed by atoms with van der Waals surface area (Å²) >= 11 is 4.83. The van der Waals surface area contributed by atoms with Gasteiger partial charge in [-0.2, -0.15) is 0 Å². The van der Waals surface area contributed by atoms with Gasteiger partial charge in [0.25, 0.3) is 0 Å². The molecule has 2 aromatic rings. The number of unbranched alkanes of at least 4 members (excludes halogenated alkanes) is 1. The van der Waals surface area contributed by atoms with Crippen LogP contribution in [0.1, 0.15) is 35.0 Å². The van der Waals surface area contributed by atoms with E-state index in [1.165, 1.54) is 11.3 Å². The van der Waals surface area contributed by atoms with Crippen LogP contribution < -0.4 is 4.74 Å². The lowest BCUT2D eigenvalue weighted by molar-refractivity contribution is 0.104. The molecule has 1 heterocycles. The van der Waals surface area contributed by atoms with E-state index in [0.717, 1.165) is 34.5 Å². The molecule has 2 nitrogen and oxygen atoms in total. The van der Waals surface area contributed by atoms with Crippen LogP contribution in [0.5, 0.6) is 5.75 Å². The minimum atomic E-state index is 0.0435. The van der Waals surface area contributed by atoms with Crippen molar-refractivity contribution in [1.29, 1.82) is 0 Å². The van der Waals surface area contributed by atoms with Gasteiger partial charge in [-0.15, -0.1) is 11.3 Å². The highest BCUT2D eigenvalue weighted by molar-refractivity contribution is 9.10. The molecule has 0 fully saturated rings. The summed E-state index contributed by atoms with van der Waals surface area (Å²) in [6.45, 7) is 2.85. The van der Waals surface area contributed by atoms with Crippen LogP contribution in [0.25, 0.3) is 0 Å². The van der Waals surface area contributed by atoms with Crippen LogP contribution in [0.4, 0.5) is 0 Å². The third-order valence-electron chi connectivity index (χ3n) is 2.71. The van der Waals surface area contributed by atoms with E-state index in [0.29, 0.717) is 5.56 Å². The van der Waals surface area contributed by atoms with Gasteiger partial charge >= 0.3 is 0 Å². The second-order valence-corrected chi connectivity index (χ2v) is 5.92. The molecule has 0 aliphatic carbocycles. The number of hydrogen-bond donors (Lipinski definition) is 0. The average molecular weight is 339 g/mol. The Balaban J connectivity index is 2.06. The van der Waals surface area contributed by atoms with Gasteiger partial charge < -0.3 is 4.74 Å². The molecule has 0 aliphatic rings. The molecule has 0 saturated heterocycles. The molecular formula is C15H15BrO2S. The third kappa shape index (κ3) is 3.67. The molecule has 1 aromatic heterocycles. The highest BCUT2D eigenvalue weighted by Crippen LogP contribution is 2.26. The summed E-state index contributed by atoms with van der Waals surface area (Å²) in [5.74, 6) is 0.859. The first-order valence-electron chi connectivity index (χ1n) is 6.23. The van der Waals surface area contributed by atoms with Crippen molar-refractivity contribution in [3.8, 4) is 5.75 Å². The number of halogens is 1. The molecule has 0 bridgehead atoms. The summed E-state index contributed by atoms with van der Waals surface area (Å²) in [7, 11) is 0. The largest absolute Gasteiger partial charge is 0.494 e. The average Bonchev–Trinajstić information content (AvgIpc) is 2.85. The molecule has 1 aromatic carbocycles. The second-order valence-electron chi connectivity index (χ2n) is 4.15. The minimum Gasteiger partial charge on any atom is -0.494 e. The van der Waals surface area contributed by atoms with Crippen LogP contribution in [0, 0.1) is 0 Å². The summed E-state index contributed by atoms with van der Waals surface area (Å²) < 4.78 is 6.43. The fourth-order valence-corrected chi connectivity index (χ4v) is 3.14. The van der Waals surface area contributed by atoms with Gasteiger partial charge in [0.1, 0.15) is 5.75 Å². The van der Waals surface area contributed by atoms with Gasteiger partial charge in [0.15, 0.2) is 0 Å². The zero-order chi connectivity index (χ0) is 13.7. The van der Waals surface area contributed by atoms with Gasteiger partial charge in [-0.1, -0.05) is 13.3 Å². The summed E-state index contributed by atoms with van der Waals surface area (Å²) in [6.07, 6.45) is 2.16. The zero-order valence-electron chi connectivity index (χ0n) is 10.7. The molecule has 0 unspecified atom stereocenters.